The van der Waals surface area contributed by atoms with Crippen LogP contribution in [0.1, 0.15) is 47.8 Å². The lowest BCUT2D eigenvalue weighted by molar-refractivity contribution is 0.0693. The first kappa shape index (κ1) is 12.6. The molecule has 0 unspecified atom stereocenters. The molecule has 0 radical (unpaired) electrons. The van der Waals surface area contributed by atoms with E-state index in [-0.39, 0.29) is 11.3 Å². The molecule has 2 N–H and O–H groups in total. The van der Waals surface area contributed by atoms with E-state index in [0.29, 0.717) is 6.42 Å². The molecule has 0 heterocycles. The van der Waals surface area contributed by atoms with Gasteiger partial charge in [-0.05, 0) is 42.0 Å². The second-order valence-electron chi connectivity index (χ2n) is 3.75. The summed E-state index contributed by atoms with van der Waals surface area (Å²) in [5, 5.41) is 18.9. The standard InChI is InChI=1S/C13H18O3/c1-4-8-7-11(13(15)16)12(14)10(6-3)9(8)5-2/h7,14H,4-6H2,1-3H3,(H,15,16). The third-order valence-electron chi connectivity index (χ3n) is 2.93. The number of carbonyl (C=O) groups is 1. The minimum Gasteiger partial charge on any atom is -0.507 e. The zero-order valence-corrected chi connectivity index (χ0v) is 10.0. The van der Waals surface area contributed by atoms with Crippen molar-refractivity contribution in [1.82, 2.24) is 0 Å². The fourth-order valence-corrected chi connectivity index (χ4v) is 2.13. The van der Waals surface area contributed by atoms with E-state index in [1.165, 1.54) is 0 Å². The molecule has 0 aliphatic carbocycles. The Morgan fingerprint density at radius 3 is 2.06 bits per heavy atom. The van der Waals surface area contributed by atoms with Gasteiger partial charge in [0.25, 0.3) is 0 Å². The summed E-state index contributed by atoms with van der Waals surface area (Å²) in [5.74, 6) is -1.13. The van der Waals surface area contributed by atoms with Crippen molar-refractivity contribution in [1.29, 1.82) is 0 Å². The van der Waals surface area contributed by atoms with Crippen LogP contribution in [0.15, 0.2) is 6.07 Å². The fourth-order valence-electron chi connectivity index (χ4n) is 2.13. The lowest BCUT2D eigenvalue weighted by Crippen LogP contribution is -2.05. The van der Waals surface area contributed by atoms with Crippen LogP contribution in [0, 0.1) is 0 Å². The molecule has 88 valence electrons. The Morgan fingerprint density at radius 2 is 1.69 bits per heavy atom. The maximum Gasteiger partial charge on any atom is 0.339 e. The first-order valence-corrected chi connectivity index (χ1v) is 5.66. The van der Waals surface area contributed by atoms with Crippen molar-refractivity contribution in [3.63, 3.8) is 0 Å². The summed E-state index contributed by atoms with van der Waals surface area (Å²) in [7, 11) is 0. The zero-order chi connectivity index (χ0) is 12.3. The van der Waals surface area contributed by atoms with Crippen LogP contribution < -0.4 is 0 Å². The van der Waals surface area contributed by atoms with Gasteiger partial charge in [0, 0.05) is 0 Å². The number of rotatable bonds is 4. The molecule has 1 rings (SSSR count). The topological polar surface area (TPSA) is 57.5 Å². The summed E-state index contributed by atoms with van der Waals surface area (Å²) in [4.78, 5) is 11.0. The van der Waals surface area contributed by atoms with Gasteiger partial charge in [0.05, 0.1) is 0 Å². The van der Waals surface area contributed by atoms with Gasteiger partial charge in [0.2, 0.25) is 0 Å². The Balaban J connectivity index is 3.54. The average Bonchev–Trinajstić information content (AvgIpc) is 2.27. The maximum absolute atomic E-state index is 11.0. The summed E-state index contributed by atoms with van der Waals surface area (Å²) < 4.78 is 0. The van der Waals surface area contributed by atoms with Gasteiger partial charge in [-0.3, -0.25) is 0 Å². The highest BCUT2D eigenvalue weighted by molar-refractivity contribution is 5.92. The largest absolute Gasteiger partial charge is 0.507 e. The summed E-state index contributed by atoms with van der Waals surface area (Å²) in [5.41, 5.74) is 2.91. The quantitative estimate of drug-likeness (QED) is 0.823. The number of carboxylic acids is 1. The number of hydrogen-bond acceptors (Lipinski definition) is 2. The normalized spacial score (nSPS) is 10.4. The highest BCUT2D eigenvalue weighted by Crippen LogP contribution is 2.30. The molecule has 3 heteroatoms. The molecule has 1 aromatic rings. The Hall–Kier alpha value is -1.51. The maximum atomic E-state index is 11.0. The number of hydrogen-bond donors (Lipinski definition) is 2. The van der Waals surface area contributed by atoms with Gasteiger partial charge in [0.15, 0.2) is 0 Å². The smallest absolute Gasteiger partial charge is 0.339 e. The van der Waals surface area contributed by atoms with E-state index in [1.54, 1.807) is 6.07 Å². The van der Waals surface area contributed by atoms with Crippen LogP contribution in [0.25, 0.3) is 0 Å². The van der Waals surface area contributed by atoms with Crippen LogP contribution in [0.5, 0.6) is 5.75 Å². The van der Waals surface area contributed by atoms with Crippen molar-refractivity contribution in [3.8, 4) is 5.75 Å². The molecule has 0 atom stereocenters. The number of benzene rings is 1. The van der Waals surface area contributed by atoms with Crippen molar-refractivity contribution in [3.05, 3.63) is 28.3 Å². The number of aromatic carboxylic acids is 1. The molecule has 0 aliphatic rings. The second kappa shape index (κ2) is 5.01. The van der Waals surface area contributed by atoms with Gasteiger partial charge in [-0.2, -0.15) is 0 Å². The Morgan fingerprint density at radius 1 is 1.12 bits per heavy atom. The van der Waals surface area contributed by atoms with E-state index in [9.17, 15) is 9.90 Å². The van der Waals surface area contributed by atoms with Crippen LogP contribution in [0.3, 0.4) is 0 Å². The SMILES string of the molecule is CCc1cc(C(=O)O)c(O)c(CC)c1CC. The first-order valence-electron chi connectivity index (χ1n) is 5.66. The van der Waals surface area contributed by atoms with E-state index >= 15 is 0 Å². The van der Waals surface area contributed by atoms with Gasteiger partial charge in [-0.25, -0.2) is 4.79 Å². The van der Waals surface area contributed by atoms with E-state index in [4.69, 9.17) is 5.11 Å². The monoisotopic (exact) mass is 222 g/mol. The number of carboxylic acid groups (broad SMARTS) is 1. The second-order valence-corrected chi connectivity index (χ2v) is 3.75. The van der Waals surface area contributed by atoms with Crippen LogP contribution in [0.4, 0.5) is 0 Å². The molecule has 0 saturated carbocycles. The van der Waals surface area contributed by atoms with Crippen LogP contribution >= 0.6 is 0 Å². The fraction of sp³-hybridized carbons (Fsp3) is 0.462. The molecule has 0 spiro atoms. The third kappa shape index (κ3) is 2.03. The molecule has 0 aromatic heterocycles. The van der Waals surface area contributed by atoms with Crippen LogP contribution in [0.2, 0.25) is 0 Å². The van der Waals surface area contributed by atoms with Gasteiger partial charge in [-0.1, -0.05) is 20.8 Å². The molecule has 3 nitrogen and oxygen atoms in total. The summed E-state index contributed by atoms with van der Waals surface area (Å²) in [6, 6.07) is 1.59. The molecule has 0 saturated heterocycles. The lowest BCUT2D eigenvalue weighted by Gasteiger charge is -2.15. The summed E-state index contributed by atoms with van der Waals surface area (Å²) >= 11 is 0. The highest BCUT2D eigenvalue weighted by atomic mass is 16.4. The summed E-state index contributed by atoms with van der Waals surface area (Å²) in [6.45, 7) is 5.95. The van der Waals surface area contributed by atoms with Crippen molar-refractivity contribution < 1.29 is 15.0 Å². The number of phenols is 1. The highest BCUT2D eigenvalue weighted by Gasteiger charge is 2.18. The Bertz CT molecular complexity index is 408. The van der Waals surface area contributed by atoms with Crippen molar-refractivity contribution >= 4 is 5.97 Å². The van der Waals surface area contributed by atoms with Crippen molar-refractivity contribution in [2.75, 3.05) is 0 Å². The minimum absolute atomic E-state index is 0.0194. The number of aromatic hydroxyl groups is 1. The van der Waals surface area contributed by atoms with Gasteiger partial charge >= 0.3 is 5.97 Å². The molecule has 0 amide bonds. The molecule has 0 aliphatic heterocycles. The predicted molar refractivity (Wildman–Crippen MR) is 63.2 cm³/mol. The van der Waals surface area contributed by atoms with Gasteiger partial charge in [0.1, 0.15) is 11.3 Å². The number of aryl methyl sites for hydroxylation is 1. The third-order valence-corrected chi connectivity index (χ3v) is 2.93. The molecule has 0 bridgehead atoms. The average molecular weight is 222 g/mol. The molecular weight excluding hydrogens is 204 g/mol. The molecule has 16 heavy (non-hydrogen) atoms. The molecule has 1 aromatic carbocycles. The predicted octanol–water partition coefficient (Wildman–Crippen LogP) is 2.78. The molecule has 0 fully saturated rings. The van der Waals surface area contributed by atoms with E-state index in [2.05, 4.69) is 0 Å². The van der Waals surface area contributed by atoms with Crippen molar-refractivity contribution in [2.45, 2.75) is 40.0 Å². The Labute approximate surface area is 95.7 Å². The van der Waals surface area contributed by atoms with Crippen molar-refractivity contribution in [2.24, 2.45) is 0 Å². The van der Waals surface area contributed by atoms with Gasteiger partial charge < -0.3 is 10.2 Å². The summed E-state index contributed by atoms with van der Waals surface area (Å²) in [6.07, 6.45) is 2.26. The van der Waals surface area contributed by atoms with Gasteiger partial charge in [-0.15, -0.1) is 0 Å². The van der Waals surface area contributed by atoms with Crippen LogP contribution in [-0.2, 0) is 19.3 Å². The minimum atomic E-state index is -1.07. The Kier molecular flexibility index (Phi) is 3.93. The zero-order valence-electron chi connectivity index (χ0n) is 10.0. The molecular formula is C13H18O3. The first-order chi connectivity index (χ1) is 7.56. The van der Waals surface area contributed by atoms with E-state index in [0.717, 1.165) is 29.5 Å². The lowest BCUT2D eigenvalue weighted by atomic mass is 9.92. The van der Waals surface area contributed by atoms with Crippen LogP contribution in [-0.4, -0.2) is 16.2 Å². The van der Waals surface area contributed by atoms with E-state index < -0.39 is 5.97 Å². The van der Waals surface area contributed by atoms with E-state index in [1.807, 2.05) is 20.8 Å².